The molecule has 0 saturated heterocycles. The number of hydrogen-bond acceptors (Lipinski definition) is 12. The van der Waals surface area contributed by atoms with Gasteiger partial charge in [-0.05, 0) is 43.0 Å². The number of rotatable bonds is 9. The molecule has 0 atom stereocenters. The third-order valence-electron chi connectivity index (χ3n) is 6.28. The van der Waals surface area contributed by atoms with E-state index in [0.29, 0.717) is 46.9 Å². The highest BCUT2D eigenvalue weighted by Crippen LogP contribution is 2.40. The summed E-state index contributed by atoms with van der Waals surface area (Å²) in [5, 5.41) is 23.4. The molecule has 0 unspecified atom stereocenters. The number of hydrogen-bond donors (Lipinski definition) is 1. The van der Waals surface area contributed by atoms with E-state index in [1.54, 1.807) is 36.5 Å². The number of ether oxygens (including phenoxy) is 2. The second-order valence-electron chi connectivity index (χ2n) is 8.93. The van der Waals surface area contributed by atoms with Gasteiger partial charge in [-0.25, -0.2) is 0 Å². The highest BCUT2D eigenvalue weighted by molar-refractivity contribution is 5.65. The van der Waals surface area contributed by atoms with E-state index in [2.05, 4.69) is 30.3 Å². The monoisotopic (exact) mass is 529 g/mol. The van der Waals surface area contributed by atoms with Crippen molar-refractivity contribution in [3.63, 3.8) is 0 Å². The quantitative estimate of drug-likeness (QED) is 0.297. The molecule has 0 aliphatic heterocycles. The first-order valence-corrected chi connectivity index (χ1v) is 12.2. The van der Waals surface area contributed by atoms with Crippen LogP contribution < -0.4 is 15.0 Å². The number of aromatic hydroxyl groups is 1. The van der Waals surface area contributed by atoms with Crippen LogP contribution in [0, 0.1) is 5.92 Å². The largest absolute Gasteiger partial charge is 0.494 e. The van der Waals surface area contributed by atoms with Crippen LogP contribution in [0.4, 0.5) is 0 Å². The van der Waals surface area contributed by atoms with E-state index in [0.717, 1.165) is 12.8 Å². The summed E-state index contributed by atoms with van der Waals surface area (Å²) < 4.78 is 23.6. The molecule has 4 aromatic heterocycles. The lowest BCUT2D eigenvalue weighted by Crippen LogP contribution is -2.21. The molecule has 4 heterocycles. The van der Waals surface area contributed by atoms with Gasteiger partial charge >= 0.3 is 0 Å². The third-order valence-corrected chi connectivity index (χ3v) is 6.28. The Bertz CT molecular complexity index is 1670. The molecule has 0 bridgehead atoms. The molecule has 1 aromatic carbocycles. The molecule has 198 valence electrons. The molecule has 0 amide bonds. The SMILES string of the molecule is COc1cccc(OC)c1-n1c(CC2CC2)nc(=O)c(-c2nnc(Cc3nc(-c4ccccn4)no3)o2)c1O. The van der Waals surface area contributed by atoms with Crippen molar-refractivity contribution in [1.82, 2.24) is 34.9 Å². The molecule has 13 nitrogen and oxygen atoms in total. The van der Waals surface area contributed by atoms with Crippen LogP contribution in [0.25, 0.3) is 28.7 Å². The van der Waals surface area contributed by atoms with Gasteiger partial charge in [0.25, 0.3) is 11.4 Å². The first-order chi connectivity index (χ1) is 19.1. The van der Waals surface area contributed by atoms with Crippen molar-refractivity contribution in [3.05, 3.63) is 70.6 Å². The maximum Gasteiger partial charge on any atom is 0.289 e. The van der Waals surface area contributed by atoms with E-state index in [1.165, 1.54) is 18.8 Å². The first kappa shape index (κ1) is 24.3. The van der Waals surface area contributed by atoms with E-state index in [9.17, 15) is 9.90 Å². The zero-order valence-corrected chi connectivity index (χ0v) is 21.1. The van der Waals surface area contributed by atoms with Crippen LogP contribution in [0.1, 0.15) is 30.4 Å². The number of benzene rings is 1. The Kier molecular flexibility index (Phi) is 6.23. The van der Waals surface area contributed by atoms with Crippen molar-refractivity contribution in [2.45, 2.75) is 25.7 Å². The Hall–Kier alpha value is -5.07. The molecule has 39 heavy (non-hydrogen) atoms. The topological polar surface area (TPSA) is 164 Å². The Morgan fingerprint density at radius 1 is 1.03 bits per heavy atom. The van der Waals surface area contributed by atoms with Crippen molar-refractivity contribution in [2.75, 3.05) is 14.2 Å². The van der Waals surface area contributed by atoms with Crippen LogP contribution in [0.2, 0.25) is 0 Å². The average molecular weight is 530 g/mol. The highest BCUT2D eigenvalue weighted by Gasteiger charge is 2.30. The fraction of sp³-hybridized carbons (Fsp3) is 0.269. The van der Waals surface area contributed by atoms with Crippen LogP contribution in [0.5, 0.6) is 17.4 Å². The second kappa shape index (κ2) is 10.0. The van der Waals surface area contributed by atoms with Gasteiger partial charge in [0.1, 0.15) is 35.1 Å². The zero-order valence-electron chi connectivity index (χ0n) is 21.1. The van der Waals surface area contributed by atoms with Gasteiger partial charge in [0.05, 0.1) is 14.2 Å². The summed E-state index contributed by atoms with van der Waals surface area (Å²) >= 11 is 0. The molecule has 13 heteroatoms. The van der Waals surface area contributed by atoms with Crippen LogP contribution in [0.3, 0.4) is 0 Å². The third kappa shape index (κ3) is 4.69. The molecule has 1 N–H and O–H groups in total. The van der Waals surface area contributed by atoms with E-state index in [1.807, 2.05) is 6.07 Å². The number of para-hydroxylation sites is 1. The lowest BCUT2D eigenvalue weighted by molar-refractivity contribution is 0.372. The summed E-state index contributed by atoms with van der Waals surface area (Å²) in [5.74, 6) is 1.59. The van der Waals surface area contributed by atoms with Gasteiger partial charge in [0.15, 0.2) is 5.56 Å². The molecule has 1 aliphatic carbocycles. The van der Waals surface area contributed by atoms with Crippen molar-refractivity contribution >= 4 is 0 Å². The van der Waals surface area contributed by atoms with Crippen LogP contribution in [0.15, 0.2) is 56.3 Å². The Balaban J connectivity index is 1.39. The van der Waals surface area contributed by atoms with Crippen molar-refractivity contribution in [1.29, 1.82) is 0 Å². The van der Waals surface area contributed by atoms with Gasteiger partial charge < -0.3 is 23.5 Å². The van der Waals surface area contributed by atoms with Crippen molar-refractivity contribution < 1.29 is 23.5 Å². The maximum atomic E-state index is 13.2. The molecule has 6 rings (SSSR count). The molecular weight excluding hydrogens is 506 g/mol. The Morgan fingerprint density at radius 3 is 2.51 bits per heavy atom. The van der Waals surface area contributed by atoms with Crippen molar-refractivity contribution in [3.8, 4) is 46.0 Å². The first-order valence-electron chi connectivity index (χ1n) is 12.2. The summed E-state index contributed by atoms with van der Waals surface area (Å²) in [4.78, 5) is 26.0. The summed E-state index contributed by atoms with van der Waals surface area (Å²) in [6, 6.07) is 10.6. The normalized spacial score (nSPS) is 13.0. The standard InChI is InChI=1S/C26H23N7O6/c1-36-16-7-5-8-17(37-2)22(16)33-18(12-14-9-10-14)28-24(34)21(26(33)35)25-31-30-20(38-25)13-19-29-23(32-39-19)15-6-3-4-11-27-15/h3-8,11,14,35H,9-10,12-13H2,1-2H3. The van der Waals surface area contributed by atoms with Gasteiger partial charge in [-0.15, -0.1) is 10.2 Å². The van der Waals surface area contributed by atoms with Gasteiger partial charge in [-0.2, -0.15) is 9.97 Å². The van der Waals surface area contributed by atoms with Crippen molar-refractivity contribution in [2.24, 2.45) is 5.92 Å². The lowest BCUT2D eigenvalue weighted by Gasteiger charge is -2.20. The maximum absolute atomic E-state index is 13.2. The molecule has 1 aliphatic rings. The molecule has 0 radical (unpaired) electrons. The lowest BCUT2D eigenvalue weighted by atomic mass is 10.2. The smallest absolute Gasteiger partial charge is 0.289 e. The number of methoxy groups -OCH3 is 2. The number of pyridine rings is 1. The highest BCUT2D eigenvalue weighted by atomic mass is 16.5. The average Bonchev–Trinajstić information content (AvgIpc) is 3.45. The Morgan fingerprint density at radius 2 is 1.82 bits per heavy atom. The summed E-state index contributed by atoms with van der Waals surface area (Å²) in [6.45, 7) is 0. The summed E-state index contributed by atoms with van der Waals surface area (Å²) in [6.07, 6.45) is 4.17. The fourth-order valence-electron chi connectivity index (χ4n) is 4.23. The molecule has 1 saturated carbocycles. The summed E-state index contributed by atoms with van der Waals surface area (Å²) in [7, 11) is 3.02. The number of nitrogens with zero attached hydrogens (tertiary/aromatic N) is 7. The van der Waals surface area contributed by atoms with Gasteiger partial charge in [-0.1, -0.05) is 17.3 Å². The Labute approximate surface area is 221 Å². The van der Waals surface area contributed by atoms with Gasteiger partial charge in [0.2, 0.25) is 23.5 Å². The second-order valence-corrected chi connectivity index (χ2v) is 8.93. The van der Waals surface area contributed by atoms with Gasteiger partial charge in [0, 0.05) is 12.6 Å². The minimum atomic E-state index is -0.696. The van der Waals surface area contributed by atoms with E-state index in [4.69, 9.17) is 18.4 Å². The predicted octanol–water partition coefficient (Wildman–Crippen LogP) is 2.99. The van der Waals surface area contributed by atoms with E-state index >= 15 is 0 Å². The minimum absolute atomic E-state index is 0.00924. The van der Waals surface area contributed by atoms with Crippen LogP contribution in [-0.4, -0.2) is 54.2 Å². The molecule has 0 spiro atoms. The van der Waals surface area contributed by atoms with Crippen LogP contribution in [-0.2, 0) is 12.8 Å². The fourth-order valence-corrected chi connectivity index (χ4v) is 4.23. The number of aromatic nitrogens is 7. The summed E-state index contributed by atoms with van der Waals surface area (Å²) in [5.41, 5.74) is 0.00465. The molecule has 5 aromatic rings. The van der Waals surface area contributed by atoms with E-state index in [-0.39, 0.29) is 29.7 Å². The minimum Gasteiger partial charge on any atom is -0.494 e. The van der Waals surface area contributed by atoms with E-state index < -0.39 is 11.4 Å². The molecule has 1 fully saturated rings. The van der Waals surface area contributed by atoms with Crippen LogP contribution >= 0.6 is 0 Å². The zero-order chi connectivity index (χ0) is 26.9. The predicted molar refractivity (Wildman–Crippen MR) is 135 cm³/mol. The van der Waals surface area contributed by atoms with Gasteiger partial charge in [-0.3, -0.25) is 14.3 Å². The molecular formula is C26H23N7O6.